The first-order valence-electron chi connectivity index (χ1n) is 20.5. The van der Waals surface area contributed by atoms with Gasteiger partial charge in [0.1, 0.15) is 0 Å². The molecule has 0 aliphatic carbocycles. The maximum atomic E-state index is 9.91. The summed E-state index contributed by atoms with van der Waals surface area (Å²) in [7, 11) is 0. The third kappa shape index (κ3) is 7.02. The number of nitriles is 4. The summed E-state index contributed by atoms with van der Waals surface area (Å²) in [6, 6.07) is 72.2. The van der Waals surface area contributed by atoms with Gasteiger partial charge >= 0.3 is 0 Å². The van der Waals surface area contributed by atoms with Crippen LogP contribution in [0.25, 0.3) is 72.5 Å². The predicted octanol–water partition coefficient (Wildman–Crippen LogP) is 13.2. The van der Waals surface area contributed by atoms with Crippen molar-refractivity contribution in [2.24, 2.45) is 0 Å². The van der Waals surface area contributed by atoms with Gasteiger partial charge in [0.25, 0.3) is 0 Å². The Balaban J connectivity index is 1.00. The van der Waals surface area contributed by atoms with E-state index in [4.69, 9.17) is 9.97 Å². The van der Waals surface area contributed by atoms with Crippen molar-refractivity contribution in [2.45, 2.75) is 0 Å². The van der Waals surface area contributed by atoms with Gasteiger partial charge in [-0.3, -0.25) is 0 Å². The molecule has 2 heterocycles. The molecule has 0 spiro atoms. The van der Waals surface area contributed by atoms with Crippen LogP contribution in [0.5, 0.6) is 0 Å². The van der Waals surface area contributed by atoms with Crippen LogP contribution in [0.3, 0.4) is 0 Å². The summed E-state index contributed by atoms with van der Waals surface area (Å²) in [4.78, 5) is 11.9. The second kappa shape index (κ2) is 16.5. The maximum Gasteiger partial charge on any atom is 0.161 e. The van der Waals surface area contributed by atoms with E-state index < -0.39 is 0 Å². The first-order valence-corrected chi connectivity index (χ1v) is 20.5. The van der Waals surface area contributed by atoms with Crippen LogP contribution in [-0.2, 0) is 0 Å². The van der Waals surface area contributed by atoms with Crippen molar-refractivity contribution in [2.75, 3.05) is 4.90 Å². The fourth-order valence-electron chi connectivity index (χ4n) is 8.26. The molecule has 0 saturated carbocycles. The Morgan fingerprint density at radius 1 is 0.391 bits per heavy atom. The first-order chi connectivity index (χ1) is 31.5. The van der Waals surface area contributed by atoms with Crippen LogP contribution < -0.4 is 4.90 Å². The summed E-state index contributed by atoms with van der Waals surface area (Å²) in [6.07, 6.45) is 0. The van der Waals surface area contributed by atoms with Crippen molar-refractivity contribution in [1.29, 1.82) is 21.0 Å². The third-order valence-electron chi connectivity index (χ3n) is 11.4. The van der Waals surface area contributed by atoms with Gasteiger partial charge in [0.2, 0.25) is 0 Å². The molecular weight excluding hydrogens is 785 g/mol. The highest BCUT2D eigenvalue weighted by Gasteiger charge is 2.19. The summed E-state index contributed by atoms with van der Waals surface area (Å²) >= 11 is 0. The first kappa shape index (κ1) is 38.6. The van der Waals surface area contributed by atoms with E-state index in [1.165, 1.54) is 0 Å². The van der Waals surface area contributed by atoms with Gasteiger partial charge < -0.3 is 9.47 Å². The average Bonchev–Trinajstić information content (AvgIpc) is 3.70. The van der Waals surface area contributed by atoms with E-state index in [9.17, 15) is 21.0 Å². The maximum absolute atomic E-state index is 9.91. The number of fused-ring (bicyclic) bond motifs is 3. The zero-order valence-corrected chi connectivity index (χ0v) is 34.1. The number of aromatic nitrogens is 3. The zero-order chi connectivity index (χ0) is 43.6. The highest BCUT2D eigenvalue weighted by Crippen LogP contribution is 2.40. The van der Waals surface area contributed by atoms with Crippen LogP contribution in [0.2, 0.25) is 0 Å². The van der Waals surface area contributed by atoms with Crippen LogP contribution in [0.15, 0.2) is 194 Å². The van der Waals surface area contributed by atoms with Crippen molar-refractivity contribution in [3.8, 4) is 75.0 Å². The molecule has 296 valence electrons. The summed E-state index contributed by atoms with van der Waals surface area (Å²) in [5.41, 5.74) is 13.6. The molecule has 0 radical (unpaired) electrons. The molecule has 8 nitrogen and oxygen atoms in total. The summed E-state index contributed by atoms with van der Waals surface area (Å²) in [6.45, 7) is 0. The summed E-state index contributed by atoms with van der Waals surface area (Å²) in [5, 5.41) is 41.0. The van der Waals surface area contributed by atoms with E-state index in [0.717, 1.165) is 61.2 Å². The van der Waals surface area contributed by atoms with Crippen molar-refractivity contribution in [3.05, 3.63) is 216 Å². The Morgan fingerprint density at radius 3 is 1.52 bits per heavy atom. The average molecular weight is 817 g/mol. The van der Waals surface area contributed by atoms with Gasteiger partial charge in [-0.05, 0) is 120 Å². The highest BCUT2D eigenvalue weighted by molar-refractivity contribution is 6.10. The topological polar surface area (TPSA) is 129 Å². The molecule has 0 unspecified atom stereocenters. The lowest BCUT2D eigenvalue weighted by Gasteiger charge is -2.25. The Bertz CT molecular complexity index is 3450. The van der Waals surface area contributed by atoms with E-state index in [0.29, 0.717) is 50.6 Å². The Morgan fingerprint density at radius 2 is 0.891 bits per heavy atom. The number of rotatable bonds is 8. The van der Waals surface area contributed by atoms with Crippen LogP contribution in [0, 0.1) is 45.3 Å². The Kier molecular flexibility index (Phi) is 9.92. The van der Waals surface area contributed by atoms with Gasteiger partial charge in [0.15, 0.2) is 5.82 Å². The normalized spacial score (nSPS) is 10.8. The number of hydrogen-bond acceptors (Lipinski definition) is 7. The highest BCUT2D eigenvalue weighted by atomic mass is 15.1. The molecule has 8 heteroatoms. The number of anilines is 3. The molecule has 0 bridgehead atoms. The molecule has 0 N–H and O–H groups in total. The second-order valence-electron chi connectivity index (χ2n) is 15.1. The van der Waals surface area contributed by atoms with Crippen LogP contribution in [0.4, 0.5) is 17.1 Å². The van der Waals surface area contributed by atoms with E-state index in [1.807, 2.05) is 103 Å². The van der Waals surface area contributed by atoms with Crippen LogP contribution in [0.1, 0.15) is 22.3 Å². The third-order valence-corrected chi connectivity index (χ3v) is 11.4. The minimum Gasteiger partial charge on any atom is -0.310 e. The molecule has 0 atom stereocenters. The monoisotopic (exact) mass is 816 g/mol. The molecule has 0 amide bonds. The fourth-order valence-corrected chi connectivity index (χ4v) is 8.26. The van der Waals surface area contributed by atoms with Crippen LogP contribution in [-0.4, -0.2) is 14.5 Å². The van der Waals surface area contributed by atoms with E-state index in [-0.39, 0.29) is 0 Å². The van der Waals surface area contributed by atoms with Crippen LogP contribution >= 0.6 is 0 Å². The quantitative estimate of drug-likeness (QED) is 0.149. The van der Waals surface area contributed by atoms with Crippen molar-refractivity contribution >= 4 is 38.9 Å². The largest absolute Gasteiger partial charge is 0.310 e. The van der Waals surface area contributed by atoms with Gasteiger partial charge in [-0.1, -0.05) is 84.9 Å². The Hall–Kier alpha value is -9.60. The molecule has 10 rings (SSSR count). The second-order valence-corrected chi connectivity index (χ2v) is 15.1. The van der Waals surface area contributed by atoms with Gasteiger partial charge in [0, 0.05) is 50.2 Å². The van der Waals surface area contributed by atoms with Crippen molar-refractivity contribution in [3.63, 3.8) is 0 Å². The standard InChI is InChI=1S/C56H32N8/c57-33-37-13-23-44(24-14-37)63(45-25-15-38(34-58)16-26-45)47-29-30-55-51(31-47)50-11-5-6-12-54(50)64(55)46-27-21-40(22-28-46)39-17-19-41(20-18-39)52-32-53(48-9-3-1-7-42(48)35-59)62-56(61-52)49-10-4-2-8-43(49)36-60/h1-32H. The molecule has 10 aromatic rings. The number of para-hydroxylation sites is 1. The number of nitrogens with zero attached hydrogens (tertiary/aromatic N) is 8. The summed E-state index contributed by atoms with van der Waals surface area (Å²) in [5.74, 6) is 0.410. The summed E-state index contributed by atoms with van der Waals surface area (Å²) < 4.78 is 2.29. The molecule has 64 heavy (non-hydrogen) atoms. The minimum absolute atomic E-state index is 0.410. The molecule has 0 aliphatic heterocycles. The Labute approximate surface area is 369 Å². The smallest absolute Gasteiger partial charge is 0.161 e. The molecular formula is C56H32N8. The lowest BCUT2D eigenvalue weighted by Crippen LogP contribution is -2.10. The molecule has 0 aliphatic rings. The van der Waals surface area contributed by atoms with Gasteiger partial charge in [-0.25, -0.2) is 9.97 Å². The molecule has 2 aromatic heterocycles. The van der Waals surface area contributed by atoms with Gasteiger partial charge in [-0.15, -0.1) is 0 Å². The van der Waals surface area contributed by atoms with Gasteiger partial charge in [-0.2, -0.15) is 21.0 Å². The van der Waals surface area contributed by atoms with E-state index in [1.54, 1.807) is 12.1 Å². The molecule has 0 saturated heterocycles. The zero-order valence-electron chi connectivity index (χ0n) is 34.1. The number of benzene rings is 8. The predicted molar refractivity (Wildman–Crippen MR) is 252 cm³/mol. The van der Waals surface area contributed by atoms with E-state index >= 15 is 0 Å². The molecule has 0 fully saturated rings. The fraction of sp³-hybridized carbons (Fsp3) is 0. The lowest BCUT2D eigenvalue weighted by atomic mass is 10.00. The molecule has 8 aromatic carbocycles. The van der Waals surface area contributed by atoms with Gasteiger partial charge in [0.05, 0.1) is 69.0 Å². The van der Waals surface area contributed by atoms with Crippen molar-refractivity contribution < 1.29 is 0 Å². The van der Waals surface area contributed by atoms with Crippen molar-refractivity contribution in [1.82, 2.24) is 14.5 Å². The SMILES string of the molecule is N#Cc1ccc(N(c2ccc(C#N)cc2)c2ccc3c(c2)c2ccccc2n3-c2ccc(-c3ccc(-c4cc(-c5ccccc5C#N)nc(-c5ccccc5C#N)n4)cc3)cc2)cc1. The van der Waals surface area contributed by atoms with E-state index in [2.05, 4.69) is 113 Å². The number of hydrogen-bond donors (Lipinski definition) is 0. The lowest BCUT2D eigenvalue weighted by molar-refractivity contribution is 1.18. The minimum atomic E-state index is 0.410.